The molecule has 0 N–H and O–H groups in total. The minimum absolute atomic E-state index is 0.0364. The van der Waals surface area contributed by atoms with Crippen molar-refractivity contribution in [3.63, 3.8) is 0 Å². The molecule has 140 valence electrons. The lowest BCUT2D eigenvalue weighted by Gasteiger charge is -2.32. The summed E-state index contributed by atoms with van der Waals surface area (Å²) < 4.78 is 17.2. The number of rotatable bonds is 5. The Hall–Kier alpha value is -2.64. The summed E-state index contributed by atoms with van der Waals surface area (Å²) in [4.78, 5) is 18.9. The molecule has 1 aliphatic heterocycles. The fourth-order valence-electron chi connectivity index (χ4n) is 3.00. The number of nitrogens with zero attached hydrogens (tertiary/aromatic N) is 2. The van der Waals surface area contributed by atoms with E-state index in [1.54, 1.807) is 22.5 Å². The normalized spacial score (nSPS) is 17.1. The molecule has 7 heteroatoms. The molecule has 0 bridgehead atoms. The number of thiazole rings is 1. The van der Waals surface area contributed by atoms with Gasteiger partial charge in [0, 0.05) is 17.5 Å². The zero-order valence-electron chi connectivity index (χ0n) is 15.0. The zero-order valence-corrected chi connectivity index (χ0v) is 15.8. The van der Waals surface area contributed by atoms with Crippen LogP contribution in [0, 0.1) is 6.92 Å². The number of carbonyl (C=O) groups is 1. The Morgan fingerprint density at radius 3 is 3.07 bits per heavy atom. The Balaban J connectivity index is 1.43. The van der Waals surface area contributed by atoms with Crippen molar-refractivity contribution in [1.29, 1.82) is 0 Å². The van der Waals surface area contributed by atoms with E-state index in [9.17, 15) is 4.79 Å². The molecule has 0 saturated carbocycles. The van der Waals surface area contributed by atoms with Gasteiger partial charge in [0.15, 0.2) is 0 Å². The van der Waals surface area contributed by atoms with Crippen molar-refractivity contribution in [2.24, 2.45) is 0 Å². The third-order valence-electron chi connectivity index (χ3n) is 4.38. The van der Waals surface area contributed by atoms with Crippen molar-refractivity contribution in [2.75, 3.05) is 19.7 Å². The van der Waals surface area contributed by atoms with Crippen LogP contribution < -0.4 is 4.74 Å². The first-order valence-corrected chi connectivity index (χ1v) is 9.70. The number of hydrogen-bond donors (Lipinski definition) is 0. The molecular weight excluding hydrogens is 364 g/mol. The molecule has 1 fully saturated rings. The number of aryl methyl sites for hydroxylation is 1. The van der Waals surface area contributed by atoms with E-state index in [2.05, 4.69) is 4.98 Å². The third-order valence-corrected chi connectivity index (χ3v) is 5.02. The quantitative estimate of drug-likeness (QED) is 0.669. The largest absolute Gasteiger partial charge is 0.487 e. The van der Waals surface area contributed by atoms with Gasteiger partial charge in [0.1, 0.15) is 30.0 Å². The smallest absolute Gasteiger partial charge is 0.254 e. The van der Waals surface area contributed by atoms with Gasteiger partial charge < -0.3 is 18.8 Å². The first-order chi connectivity index (χ1) is 13.2. The van der Waals surface area contributed by atoms with Crippen molar-refractivity contribution in [3.8, 4) is 5.75 Å². The van der Waals surface area contributed by atoms with E-state index in [-0.39, 0.29) is 12.0 Å². The van der Waals surface area contributed by atoms with Crippen LogP contribution in [0.1, 0.15) is 33.7 Å². The van der Waals surface area contributed by atoms with Gasteiger partial charge in [-0.1, -0.05) is 6.07 Å². The van der Waals surface area contributed by atoms with Gasteiger partial charge >= 0.3 is 0 Å². The summed E-state index contributed by atoms with van der Waals surface area (Å²) >= 11 is 1.53. The highest BCUT2D eigenvalue weighted by atomic mass is 32.1. The Kier molecular flexibility index (Phi) is 5.22. The maximum atomic E-state index is 12.9. The molecule has 3 heterocycles. The molecule has 0 radical (unpaired) electrons. The molecule has 1 saturated heterocycles. The molecule has 0 spiro atoms. The number of amides is 1. The molecule has 6 nitrogen and oxygen atoms in total. The van der Waals surface area contributed by atoms with Gasteiger partial charge in [-0.2, -0.15) is 0 Å². The SMILES string of the molecule is Cc1ccc(C2CN(C(=O)c3cccc(OCc4cscn4)c3)CCO2)o1. The van der Waals surface area contributed by atoms with Gasteiger partial charge in [-0.25, -0.2) is 4.98 Å². The number of benzene rings is 1. The topological polar surface area (TPSA) is 64.8 Å². The molecule has 1 aromatic carbocycles. The first-order valence-electron chi connectivity index (χ1n) is 8.76. The van der Waals surface area contributed by atoms with Crippen LogP contribution in [0.3, 0.4) is 0 Å². The highest BCUT2D eigenvalue weighted by molar-refractivity contribution is 7.07. The van der Waals surface area contributed by atoms with Crippen LogP contribution in [0.25, 0.3) is 0 Å². The molecule has 1 unspecified atom stereocenters. The van der Waals surface area contributed by atoms with E-state index in [0.717, 1.165) is 17.2 Å². The lowest BCUT2D eigenvalue weighted by atomic mass is 10.1. The summed E-state index contributed by atoms with van der Waals surface area (Å²) in [7, 11) is 0. The Labute approximate surface area is 161 Å². The molecule has 2 aromatic heterocycles. The second-order valence-corrected chi connectivity index (χ2v) is 7.07. The van der Waals surface area contributed by atoms with E-state index in [1.165, 1.54) is 11.3 Å². The van der Waals surface area contributed by atoms with Crippen molar-refractivity contribution in [3.05, 3.63) is 70.1 Å². The predicted octanol–water partition coefficient (Wildman–Crippen LogP) is 3.84. The summed E-state index contributed by atoms with van der Waals surface area (Å²) in [5, 5.41) is 1.94. The van der Waals surface area contributed by atoms with E-state index >= 15 is 0 Å². The standard InChI is InChI=1S/C20H20N2O4S/c1-14-5-6-18(26-14)19-10-22(7-8-24-19)20(23)15-3-2-4-17(9-15)25-11-16-12-27-13-21-16/h2-6,9,12-13,19H,7-8,10-11H2,1H3. The third kappa shape index (κ3) is 4.20. The van der Waals surface area contributed by atoms with Crippen LogP contribution in [0.15, 0.2) is 51.7 Å². The van der Waals surface area contributed by atoms with E-state index < -0.39 is 0 Å². The Bertz CT molecular complexity index is 906. The summed E-state index contributed by atoms with van der Waals surface area (Å²) in [5.74, 6) is 2.21. The summed E-state index contributed by atoms with van der Waals surface area (Å²) in [5.41, 5.74) is 3.25. The maximum absolute atomic E-state index is 12.9. The molecule has 27 heavy (non-hydrogen) atoms. The fraction of sp³-hybridized carbons (Fsp3) is 0.300. The molecule has 1 aliphatic rings. The van der Waals surface area contributed by atoms with Crippen LogP contribution in [0.5, 0.6) is 5.75 Å². The number of furan rings is 1. The predicted molar refractivity (Wildman–Crippen MR) is 101 cm³/mol. The second-order valence-electron chi connectivity index (χ2n) is 6.36. The lowest BCUT2D eigenvalue weighted by Crippen LogP contribution is -2.42. The van der Waals surface area contributed by atoms with Crippen molar-refractivity contribution >= 4 is 17.2 Å². The highest BCUT2D eigenvalue weighted by Crippen LogP contribution is 2.25. The van der Waals surface area contributed by atoms with Gasteiger partial charge in [-0.15, -0.1) is 11.3 Å². The van der Waals surface area contributed by atoms with E-state index in [4.69, 9.17) is 13.9 Å². The number of carbonyl (C=O) groups excluding carboxylic acids is 1. The highest BCUT2D eigenvalue weighted by Gasteiger charge is 2.28. The van der Waals surface area contributed by atoms with Crippen molar-refractivity contribution < 1.29 is 18.7 Å². The van der Waals surface area contributed by atoms with Gasteiger partial charge in [0.05, 0.1) is 24.4 Å². The monoisotopic (exact) mass is 384 g/mol. The van der Waals surface area contributed by atoms with Crippen LogP contribution in [-0.4, -0.2) is 35.5 Å². The van der Waals surface area contributed by atoms with Crippen LogP contribution in [0.2, 0.25) is 0 Å². The van der Waals surface area contributed by atoms with E-state index in [1.807, 2.05) is 36.6 Å². The van der Waals surface area contributed by atoms with Crippen LogP contribution >= 0.6 is 11.3 Å². The molecule has 4 rings (SSSR count). The molecule has 1 atom stereocenters. The fourth-order valence-corrected chi connectivity index (χ4v) is 3.54. The van der Waals surface area contributed by atoms with Crippen molar-refractivity contribution in [1.82, 2.24) is 9.88 Å². The maximum Gasteiger partial charge on any atom is 0.254 e. The van der Waals surface area contributed by atoms with Crippen molar-refractivity contribution in [2.45, 2.75) is 19.6 Å². The number of ether oxygens (including phenoxy) is 2. The van der Waals surface area contributed by atoms with Gasteiger partial charge in [-0.05, 0) is 37.3 Å². The number of aromatic nitrogens is 1. The van der Waals surface area contributed by atoms with Crippen LogP contribution in [-0.2, 0) is 11.3 Å². The molecule has 0 aliphatic carbocycles. The average molecular weight is 384 g/mol. The molecule has 3 aromatic rings. The molecular formula is C20H20N2O4S. The zero-order chi connectivity index (χ0) is 18.6. The Morgan fingerprint density at radius 1 is 1.37 bits per heavy atom. The minimum Gasteiger partial charge on any atom is -0.487 e. The summed E-state index contributed by atoms with van der Waals surface area (Å²) in [6.07, 6.45) is -0.236. The summed E-state index contributed by atoms with van der Waals surface area (Å²) in [6, 6.07) is 11.1. The van der Waals surface area contributed by atoms with Gasteiger partial charge in [0.2, 0.25) is 0 Å². The Morgan fingerprint density at radius 2 is 2.30 bits per heavy atom. The first kappa shape index (κ1) is 17.8. The summed E-state index contributed by atoms with van der Waals surface area (Å²) in [6.45, 7) is 3.79. The lowest BCUT2D eigenvalue weighted by molar-refractivity contribution is -0.0324. The van der Waals surface area contributed by atoms with Gasteiger partial charge in [-0.3, -0.25) is 4.79 Å². The number of morpholine rings is 1. The van der Waals surface area contributed by atoms with Crippen LogP contribution in [0.4, 0.5) is 0 Å². The second kappa shape index (κ2) is 7.94. The van der Waals surface area contributed by atoms with E-state index in [0.29, 0.717) is 37.6 Å². The molecule has 1 amide bonds. The number of hydrogen-bond acceptors (Lipinski definition) is 6. The minimum atomic E-state index is -0.236. The average Bonchev–Trinajstić information content (AvgIpc) is 3.38. The van der Waals surface area contributed by atoms with Gasteiger partial charge in [0.25, 0.3) is 5.91 Å².